The van der Waals surface area contributed by atoms with Crippen LogP contribution < -0.4 is 11.3 Å². The summed E-state index contributed by atoms with van der Waals surface area (Å²) in [5.41, 5.74) is 2.42. The van der Waals surface area contributed by atoms with E-state index in [1.165, 1.54) is 0 Å². The second-order valence-electron chi connectivity index (χ2n) is 4.80. The third-order valence-electron chi connectivity index (χ3n) is 2.30. The van der Waals surface area contributed by atoms with Gasteiger partial charge in [0.05, 0.1) is 0 Å². The monoisotopic (exact) mass is 232 g/mol. The zero-order chi connectivity index (χ0) is 12.5. The molecule has 0 amide bonds. The zero-order valence-corrected chi connectivity index (χ0v) is 10.2. The Morgan fingerprint density at radius 2 is 2.06 bits per heavy atom. The highest BCUT2D eigenvalue weighted by atomic mass is 15.3. The average molecular weight is 232 g/mol. The minimum atomic E-state index is -0.137. The molecule has 17 heavy (non-hydrogen) atoms. The summed E-state index contributed by atoms with van der Waals surface area (Å²) >= 11 is 0. The third-order valence-corrected chi connectivity index (χ3v) is 2.30. The van der Waals surface area contributed by atoms with Crippen molar-refractivity contribution in [2.24, 2.45) is 5.84 Å². The molecule has 0 aliphatic rings. The largest absolute Gasteiger partial charge is 0.308 e. The molecule has 0 atom stereocenters. The first-order valence-corrected chi connectivity index (χ1v) is 5.35. The standard InChI is InChI=1S/C11H16N6/c1-11(2,3)10-14-8(16-12)6-9(15-10)17-5-4-13-7-17/h4-7H,12H2,1-3H3,(H,14,15,16). The summed E-state index contributed by atoms with van der Waals surface area (Å²) in [6.07, 6.45) is 5.22. The zero-order valence-electron chi connectivity index (χ0n) is 10.2. The summed E-state index contributed by atoms with van der Waals surface area (Å²) in [7, 11) is 0. The number of rotatable bonds is 2. The van der Waals surface area contributed by atoms with E-state index >= 15 is 0 Å². The van der Waals surface area contributed by atoms with Gasteiger partial charge in [0.25, 0.3) is 0 Å². The van der Waals surface area contributed by atoms with Gasteiger partial charge >= 0.3 is 0 Å². The van der Waals surface area contributed by atoms with Gasteiger partial charge in [-0.3, -0.25) is 4.57 Å². The molecule has 0 aliphatic heterocycles. The maximum atomic E-state index is 5.42. The van der Waals surface area contributed by atoms with Crippen LogP contribution in [0, 0.1) is 0 Å². The van der Waals surface area contributed by atoms with E-state index in [4.69, 9.17) is 5.84 Å². The predicted molar refractivity (Wildman–Crippen MR) is 65.7 cm³/mol. The average Bonchev–Trinajstić information content (AvgIpc) is 2.80. The number of nitrogens with one attached hydrogen (secondary N) is 1. The van der Waals surface area contributed by atoms with Crippen molar-refractivity contribution in [1.82, 2.24) is 19.5 Å². The maximum Gasteiger partial charge on any atom is 0.145 e. The molecule has 0 radical (unpaired) electrons. The van der Waals surface area contributed by atoms with E-state index in [2.05, 4.69) is 41.1 Å². The van der Waals surface area contributed by atoms with Gasteiger partial charge in [-0.2, -0.15) is 0 Å². The fourth-order valence-corrected chi connectivity index (χ4v) is 1.37. The number of nitrogens with zero attached hydrogens (tertiary/aromatic N) is 4. The molecule has 2 heterocycles. The summed E-state index contributed by atoms with van der Waals surface area (Å²) in [5, 5.41) is 0. The fourth-order valence-electron chi connectivity index (χ4n) is 1.37. The van der Waals surface area contributed by atoms with Gasteiger partial charge in [-0.05, 0) is 0 Å². The molecule has 0 fully saturated rings. The van der Waals surface area contributed by atoms with E-state index in [1.807, 2.05) is 10.8 Å². The number of hydrogen-bond acceptors (Lipinski definition) is 5. The Kier molecular flexibility index (Phi) is 2.81. The first kappa shape index (κ1) is 11.5. The number of hydrazine groups is 1. The second-order valence-corrected chi connectivity index (χ2v) is 4.80. The number of anilines is 1. The minimum absolute atomic E-state index is 0.137. The Bertz CT molecular complexity index is 497. The normalized spacial score (nSPS) is 11.5. The molecule has 6 heteroatoms. The number of imidazole rings is 1. The van der Waals surface area contributed by atoms with Crippen LogP contribution in [0.4, 0.5) is 5.82 Å². The molecule has 90 valence electrons. The first-order chi connectivity index (χ1) is 8.00. The first-order valence-electron chi connectivity index (χ1n) is 5.35. The lowest BCUT2D eigenvalue weighted by molar-refractivity contribution is 0.544. The van der Waals surface area contributed by atoms with Crippen LogP contribution in [-0.4, -0.2) is 19.5 Å². The quantitative estimate of drug-likeness (QED) is 0.601. The predicted octanol–water partition coefficient (Wildman–Crippen LogP) is 1.25. The van der Waals surface area contributed by atoms with Gasteiger partial charge in [0.2, 0.25) is 0 Å². The van der Waals surface area contributed by atoms with Crippen molar-refractivity contribution in [3.05, 3.63) is 30.6 Å². The van der Waals surface area contributed by atoms with Crippen LogP contribution in [0.3, 0.4) is 0 Å². The van der Waals surface area contributed by atoms with Gasteiger partial charge in [-0.1, -0.05) is 20.8 Å². The van der Waals surface area contributed by atoms with Gasteiger partial charge in [0.15, 0.2) is 0 Å². The molecule has 0 unspecified atom stereocenters. The highest BCUT2D eigenvalue weighted by molar-refractivity contribution is 5.41. The third kappa shape index (κ3) is 2.42. The molecular weight excluding hydrogens is 216 g/mol. The van der Waals surface area contributed by atoms with Crippen LogP contribution in [0.2, 0.25) is 0 Å². The molecule has 2 rings (SSSR count). The summed E-state index contributed by atoms with van der Waals surface area (Å²) in [5.74, 6) is 7.49. The smallest absolute Gasteiger partial charge is 0.145 e. The van der Waals surface area contributed by atoms with E-state index in [1.54, 1.807) is 18.6 Å². The Labute approximate surface area is 99.9 Å². The second kappa shape index (κ2) is 4.14. The van der Waals surface area contributed by atoms with Crippen LogP contribution in [0.25, 0.3) is 5.82 Å². The highest BCUT2D eigenvalue weighted by Gasteiger charge is 2.19. The van der Waals surface area contributed by atoms with Crippen molar-refractivity contribution in [2.45, 2.75) is 26.2 Å². The number of nitrogen functional groups attached to an aromatic ring is 1. The van der Waals surface area contributed by atoms with E-state index < -0.39 is 0 Å². The molecule has 0 spiro atoms. The lowest BCUT2D eigenvalue weighted by atomic mass is 9.96. The van der Waals surface area contributed by atoms with Crippen LogP contribution in [0.5, 0.6) is 0 Å². The number of nitrogens with two attached hydrogens (primary N) is 1. The molecule has 2 aromatic rings. The Balaban J connectivity index is 2.54. The lowest BCUT2D eigenvalue weighted by Gasteiger charge is -2.18. The van der Waals surface area contributed by atoms with Crippen molar-refractivity contribution >= 4 is 5.82 Å². The van der Waals surface area contributed by atoms with E-state index in [9.17, 15) is 0 Å². The van der Waals surface area contributed by atoms with Crippen molar-refractivity contribution in [3.8, 4) is 5.82 Å². The summed E-state index contributed by atoms with van der Waals surface area (Å²) in [6.45, 7) is 6.17. The van der Waals surface area contributed by atoms with Gasteiger partial charge in [-0.15, -0.1) is 0 Å². The molecule has 3 N–H and O–H groups in total. The Hall–Kier alpha value is -1.95. The van der Waals surface area contributed by atoms with E-state index in [0.29, 0.717) is 5.82 Å². The molecule has 2 aromatic heterocycles. The molecule has 0 saturated carbocycles. The van der Waals surface area contributed by atoms with Gasteiger partial charge in [0, 0.05) is 23.9 Å². The highest BCUT2D eigenvalue weighted by Crippen LogP contribution is 2.21. The molecule has 6 nitrogen and oxygen atoms in total. The van der Waals surface area contributed by atoms with Gasteiger partial charge in [0.1, 0.15) is 23.8 Å². The fraction of sp³-hybridized carbons (Fsp3) is 0.364. The van der Waals surface area contributed by atoms with Gasteiger partial charge in [-0.25, -0.2) is 20.8 Å². The molecule has 0 bridgehead atoms. The maximum absolute atomic E-state index is 5.42. The van der Waals surface area contributed by atoms with E-state index in [0.717, 1.165) is 11.6 Å². The number of hydrogen-bond donors (Lipinski definition) is 2. The van der Waals surface area contributed by atoms with Gasteiger partial charge < -0.3 is 5.43 Å². The molecule has 0 aliphatic carbocycles. The molecule has 0 aromatic carbocycles. The van der Waals surface area contributed by atoms with Crippen molar-refractivity contribution < 1.29 is 0 Å². The molecule has 0 saturated heterocycles. The summed E-state index contributed by atoms with van der Waals surface area (Å²) in [6, 6.07) is 1.77. The summed E-state index contributed by atoms with van der Waals surface area (Å²) in [4.78, 5) is 12.9. The Morgan fingerprint density at radius 3 is 2.59 bits per heavy atom. The summed E-state index contributed by atoms with van der Waals surface area (Å²) < 4.78 is 1.82. The van der Waals surface area contributed by atoms with Crippen LogP contribution in [-0.2, 0) is 5.41 Å². The van der Waals surface area contributed by atoms with Crippen molar-refractivity contribution in [1.29, 1.82) is 0 Å². The van der Waals surface area contributed by atoms with Crippen LogP contribution in [0.1, 0.15) is 26.6 Å². The lowest BCUT2D eigenvalue weighted by Crippen LogP contribution is -2.20. The number of aromatic nitrogens is 4. The minimum Gasteiger partial charge on any atom is -0.308 e. The molecular formula is C11H16N6. The van der Waals surface area contributed by atoms with E-state index in [-0.39, 0.29) is 5.41 Å². The van der Waals surface area contributed by atoms with Crippen molar-refractivity contribution in [3.63, 3.8) is 0 Å². The van der Waals surface area contributed by atoms with Crippen molar-refractivity contribution in [2.75, 3.05) is 5.43 Å². The Morgan fingerprint density at radius 1 is 1.29 bits per heavy atom. The van der Waals surface area contributed by atoms with Crippen LogP contribution in [0.15, 0.2) is 24.8 Å². The SMILES string of the molecule is CC(C)(C)c1nc(NN)cc(-n2ccnc2)n1. The topological polar surface area (TPSA) is 81.6 Å². The van der Waals surface area contributed by atoms with Crippen LogP contribution >= 0.6 is 0 Å².